The van der Waals surface area contributed by atoms with Crippen LogP contribution >= 0.6 is 0 Å². The molecule has 1 aromatic heterocycles. The standard InChI is InChI=1S/C12H14N4O2/c13-7-10-4-5-14-12(16-10)15-9-3-1-2-8(6-9)11(17)18/h4-5,8-9H,1-3,6H2,(H,17,18)(H,14,15,16). The van der Waals surface area contributed by atoms with Gasteiger partial charge in [0.1, 0.15) is 11.8 Å². The Balaban J connectivity index is 2.00. The van der Waals surface area contributed by atoms with Crippen molar-refractivity contribution in [2.24, 2.45) is 5.92 Å². The minimum atomic E-state index is -0.742. The highest BCUT2D eigenvalue weighted by molar-refractivity contribution is 5.70. The van der Waals surface area contributed by atoms with E-state index < -0.39 is 5.97 Å². The van der Waals surface area contributed by atoms with Crippen LogP contribution in [0.25, 0.3) is 0 Å². The van der Waals surface area contributed by atoms with E-state index in [0.29, 0.717) is 18.1 Å². The van der Waals surface area contributed by atoms with Crippen molar-refractivity contribution >= 4 is 11.9 Å². The van der Waals surface area contributed by atoms with Crippen molar-refractivity contribution < 1.29 is 9.90 Å². The summed E-state index contributed by atoms with van der Waals surface area (Å²) in [6.45, 7) is 0. The van der Waals surface area contributed by atoms with Crippen molar-refractivity contribution in [3.63, 3.8) is 0 Å². The van der Waals surface area contributed by atoms with Crippen LogP contribution in [-0.4, -0.2) is 27.1 Å². The molecule has 1 aliphatic rings. The number of hydrogen-bond donors (Lipinski definition) is 2. The third-order valence-electron chi connectivity index (χ3n) is 3.13. The number of carboxylic acids is 1. The number of nitrogens with one attached hydrogen (secondary N) is 1. The number of rotatable bonds is 3. The van der Waals surface area contributed by atoms with Crippen molar-refractivity contribution in [2.75, 3.05) is 5.32 Å². The van der Waals surface area contributed by atoms with Crippen molar-refractivity contribution in [1.29, 1.82) is 5.26 Å². The number of anilines is 1. The summed E-state index contributed by atoms with van der Waals surface area (Å²) in [6.07, 6.45) is 4.62. The molecular weight excluding hydrogens is 232 g/mol. The SMILES string of the molecule is N#Cc1ccnc(NC2CCCC(C(=O)O)C2)n1. The number of hydrogen-bond acceptors (Lipinski definition) is 5. The van der Waals surface area contributed by atoms with Crippen molar-refractivity contribution in [3.05, 3.63) is 18.0 Å². The molecule has 6 heteroatoms. The van der Waals surface area contributed by atoms with E-state index in [4.69, 9.17) is 10.4 Å². The highest BCUT2D eigenvalue weighted by atomic mass is 16.4. The summed E-state index contributed by atoms with van der Waals surface area (Å²) in [4.78, 5) is 19.0. The summed E-state index contributed by atoms with van der Waals surface area (Å²) in [5.41, 5.74) is 0.304. The first-order valence-electron chi connectivity index (χ1n) is 5.91. The van der Waals surface area contributed by atoms with Crippen LogP contribution in [0.2, 0.25) is 0 Å². The van der Waals surface area contributed by atoms with Crippen molar-refractivity contribution in [3.8, 4) is 6.07 Å². The Morgan fingerprint density at radius 3 is 3.11 bits per heavy atom. The smallest absolute Gasteiger partial charge is 0.306 e. The molecule has 2 unspecified atom stereocenters. The molecular formula is C12H14N4O2. The number of carboxylic acid groups (broad SMARTS) is 1. The van der Waals surface area contributed by atoms with E-state index >= 15 is 0 Å². The van der Waals surface area contributed by atoms with Crippen LogP contribution in [-0.2, 0) is 4.79 Å². The minimum Gasteiger partial charge on any atom is -0.481 e. The van der Waals surface area contributed by atoms with Gasteiger partial charge in [-0.1, -0.05) is 6.42 Å². The Labute approximate surface area is 105 Å². The van der Waals surface area contributed by atoms with Gasteiger partial charge in [-0.2, -0.15) is 5.26 Å². The molecule has 0 radical (unpaired) electrons. The van der Waals surface area contributed by atoms with Gasteiger partial charge in [0.05, 0.1) is 5.92 Å². The summed E-state index contributed by atoms with van der Waals surface area (Å²) < 4.78 is 0. The molecule has 1 aliphatic carbocycles. The highest BCUT2D eigenvalue weighted by Gasteiger charge is 2.27. The van der Waals surface area contributed by atoms with Gasteiger partial charge in [-0.25, -0.2) is 9.97 Å². The molecule has 2 rings (SSSR count). The summed E-state index contributed by atoms with van der Waals surface area (Å²) in [5.74, 6) is -0.645. The summed E-state index contributed by atoms with van der Waals surface area (Å²) in [6, 6.07) is 3.54. The molecule has 1 heterocycles. The molecule has 94 valence electrons. The first-order chi connectivity index (χ1) is 8.69. The van der Waals surface area contributed by atoms with E-state index in [0.717, 1.165) is 19.3 Å². The second kappa shape index (κ2) is 5.45. The van der Waals surface area contributed by atoms with Gasteiger partial charge in [-0.05, 0) is 25.3 Å². The third-order valence-corrected chi connectivity index (χ3v) is 3.13. The Bertz CT molecular complexity index is 483. The lowest BCUT2D eigenvalue weighted by Gasteiger charge is -2.27. The number of nitrogens with zero attached hydrogens (tertiary/aromatic N) is 3. The zero-order valence-corrected chi connectivity index (χ0v) is 9.83. The average Bonchev–Trinajstić information content (AvgIpc) is 2.39. The summed E-state index contributed by atoms with van der Waals surface area (Å²) >= 11 is 0. The van der Waals surface area contributed by atoms with Gasteiger partial charge in [0.25, 0.3) is 0 Å². The minimum absolute atomic E-state index is 0.0637. The molecule has 1 saturated carbocycles. The Morgan fingerprint density at radius 1 is 1.56 bits per heavy atom. The summed E-state index contributed by atoms with van der Waals surface area (Å²) in [7, 11) is 0. The topological polar surface area (TPSA) is 98.9 Å². The second-order valence-electron chi connectivity index (χ2n) is 4.42. The molecule has 18 heavy (non-hydrogen) atoms. The molecule has 0 aromatic carbocycles. The van der Waals surface area contributed by atoms with Crippen molar-refractivity contribution in [2.45, 2.75) is 31.7 Å². The molecule has 1 fully saturated rings. The Morgan fingerprint density at radius 2 is 2.39 bits per heavy atom. The quantitative estimate of drug-likeness (QED) is 0.836. The van der Waals surface area contributed by atoms with Gasteiger partial charge in [0, 0.05) is 12.2 Å². The molecule has 6 nitrogen and oxygen atoms in total. The van der Waals surface area contributed by atoms with Gasteiger partial charge in [-0.3, -0.25) is 4.79 Å². The molecule has 0 amide bonds. The largest absolute Gasteiger partial charge is 0.481 e. The number of aliphatic carboxylic acids is 1. The van der Waals surface area contributed by atoms with Gasteiger partial charge in [0.15, 0.2) is 0 Å². The van der Waals surface area contributed by atoms with Crippen LogP contribution in [0.4, 0.5) is 5.95 Å². The maximum atomic E-state index is 11.0. The predicted molar refractivity (Wildman–Crippen MR) is 63.8 cm³/mol. The van der Waals surface area contributed by atoms with E-state index in [9.17, 15) is 4.79 Å². The lowest BCUT2D eigenvalue weighted by molar-refractivity contribution is -0.142. The Hall–Kier alpha value is -2.16. The van der Waals surface area contributed by atoms with Crippen LogP contribution in [0.5, 0.6) is 0 Å². The average molecular weight is 246 g/mol. The Kier molecular flexibility index (Phi) is 3.72. The third kappa shape index (κ3) is 2.94. The lowest BCUT2D eigenvalue weighted by Crippen LogP contribution is -2.31. The fourth-order valence-electron chi connectivity index (χ4n) is 2.22. The van der Waals surface area contributed by atoms with Gasteiger partial charge in [0.2, 0.25) is 5.95 Å². The zero-order valence-electron chi connectivity index (χ0n) is 9.83. The van der Waals surface area contributed by atoms with Crippen LogP contribution in [0, 0.1) is 17.2 Å². The van der Waals surface area contributed by atoms with E-state index in [-0.39, 0.29) is 12.0 Å². The van der Waals surface area contributed by atoms with Gasteiger partial charge < -0.3 is 10.4 Å². The predicted octanol–water partition coefficient (Wildman–Crippen LogP) is 1.40. The second-order valence-corrected chi connectivity index (χ2v) is 4.42. The zero-order chi connectivity index (χ0) is 13.0. The highest BCUT2D eigenvalue weighted by Crippen LogP contribution is 2.26. The van der Waals surface area contributed by atoms with Crippen molar-refractivity contribution in [1.82, 2.24) is 9.97 Å². The van der Waals surface area contributed by atoms with E-state index in [1.807, 2.05) is 6.07 Å². The van der Waals surface area contributed by atoms with Crippen LogP contribution < -0.4 is 5.32 Å². The van der Waals surface area contributed by atoms with Crippen LogP contribution in [0.15, 0.2) is 12.3 Å². The normalized spacial score (nSPS) is 23.1. The number of carbonyl (C=O) groups is 1. The van der Waals surface area contributed by atoms with Gasteiger partial charge >= 0.3 is 5.97 Å². The van der Waals surface area contributed by atoms with E-state index in [1.165, 1.54) is 12.3 Å². The number of aromatic nitrogens is 2. The number of nitriles is 1. The van der Waals surface area contributed by atoms with Crippen LogP contribution in [0.1, 0.15) is 31.4 Å². The molecule has 0 bridgehead atoms. The molecule has 0 aliphatic heterocycles. The van der Waals surface area contributed by atoms with E-state index in [1.54, 1.807) is 0 Å². The first-order valence-corrected chi connectivity index (χ1v) is 5.91. The van der Waals surface area contributed by atoms with Crippen LogP contribution in [0.3, 0.4) is 0 Å². The van der Waals surface area contributed by atoms with E-state index in [2.05, 4.69) is 15.3 Å². The maximum absolute atomic E-state index is 11.0. The summed E-state index contributed by atoms with van der Waals surface area (Å²) in [5, 5.41) is 20.8. The fourth-order valence-corrected chi connectivity index (χ4v) is 2.22. The molecule has 2 N–H and O–H groups in total. The maximum Gasteiger partial charge on any atom is 0.306 e. The lowest BCUT2D eigenvalue weighted by atomic mass is 9.86. The molecule has 1 aromatic rings. The monoisotopic (exact) mass is 246 g/mol. The molecule has 0 saturated heterocycles. The fraction of sp³-hybridized carbons (Fsp3) is 0.500. The molecule has 2 atom stereocenters. The first kappa shape index (κ1) is 12.3. The van der Waals surface area contributed by atoms with Gasteiger partial charge in [-0.15, -0.1) is 0 Å². The molecule has 0 spiro atoms.